The van der Waals surface area contributed by atoms with Crippen molar-refractivity contribution in [1.82, 2.24) is 20.2 Å². The molecular weight excluding hydrogens is 257 g/mol. The molecule has 1 saturated heterocycles. The van der Waals surface area contributed by atoms with Crippen LogP contribution in [0.2, 0.25) is 0 Å². The molecule has 1 aliphatic rings. The summed E-state index contributed by atoms with van der Waals surface area (Å²) in [6.45, 7) is 1.07. The van der Waals surface area contributed by atoms with Crippen LogP contribution in [-0.4, -0.2) is 53.3 Å². The van der Waals surface area contributed by atoms with E-state index in [0.717, 1.165) is 31.5 Å². The minimum atomic E-state index is -4.08. The summed E-state index contributed by atoms with van der Waals surface area (Å²) in [5.74, 6) is 0. The van der Waals surface area contributed by atoms with E-state index >= 15 is 0 Å². The van der Waals surface area contributed by atoms with Crippen LogP contribution in [0.15, 0.2) is 12.5 Å². The molecule has 108 valence electrons. The van der Waals surface area contributed by atoms with Crippen LogP contribution in [0.25, 0.3) is 0 Å². The zero-order valence-electron chi connectivity index (χ0n) is 10.7. The van der Waals surface area contributed by atoms with Gasteiger partial charge in [-0.1, -0.05) is 0 Å². The van der Waals surface area contributed by atoms with Crippen molar-refractivity contribution in [2.45, 2.75) is 31.5 Å². The second-order valence-electron chi connectivity index (χ2n) is 4.95. The van der Waals surface area contributed by atoms with Crippen LogP contribution in [0.1, 0.15) is 18.5 Å². The second-order valence-corrected chi connectivity index (χ2v) is 4.95. The Kier molecular flexibility index (Phi) is 4.81. The monoisotopic (exact) mass is 276 g/mol. The highest BCUT2D eigenvalue weighted by molar-refractivity contribution is 4.94. The van der Waals surface area contributed by atoms with E-state index in [2.05, 4.69) is 15.3 Å². The highest BCUT2D eigenvalue weighted by atomic mass is 19.4. The molecule has 2 heterocycles. The van der Waals surface area contributed by atoms with Gasteiger partial charge in [-0.2, -0.15) is 13.2 Å². The SMILES string of the molecule is FC(F)(F)CN1CCC(NCCc2cnc[nH]2)CC1. The number of imidazole rings is 1. The number of likely N-dealkylation sites (tertiary alicyclic amines) is 1. The van der Waals surface area contributed by atoms with E-state index in [1.165, 1.54) is 4.90 Å². The van der Waals surface area contributed by atoms with Crippen LogP contribution in [0.4, 0.5) is 13.2 Å². The van der Waals surface area contributed by atoms with Gasteiger partial charge in [0.2, 0.25) is 0 Å². The van der Waals surface area contributed by atoms with Crippen molar-refractivity contribution in [2.24, 2.45) is 0 Å². The van der Waals surface area contributed by atoms with Gasteiger partial charge in [0.15, 0.2) is 0 Å². The molecule has 1 aliphatic heterocycles. The summed E-state index contributed by atoms with van der Waals surface area (Å²) < 4.78 is 36.7. The lowest BCUT2D eigenvalue weighted by molar-refractivity contribution is -0.148. The van der Waals surface area contributed by atoms with Gasteiger partial charge in [-0.25, -0.2) is 4.98 Å². The lowest BCUT2D eigenvalue weighted by Crippen LogP contribution is -2.45. The fourth-order valence-corrected chi connectivity index (χ4v) is 2.38. The minimum absolute atomic E-state index is 0.326. The third-order valence-electron chi connectivity index (χ3n) is 3.37. The number of alkyl halides is 3. The van der Waals surface area contributed by atoms with Crippen molar-refractivity contribution in [2.75, 3.05) is 26.2 Å². The maximum absolute atomic E-state index is 12.2. The fourth-order valence-electron chi connectivity index (χ4n) is 2.38. The van der Waals surface area contributed by atoms with Crippen molar-refractivity contribution >= 4 is 0 Å². The van der Waals surface area contributed by atoms with Crippen LogP contribution in [0.5, 0.6) is 0 Å². The van der Waals surface area contributed by atoms with E-state index in [1.54, 1.807) is 12.5 Å². The summed E-state index contributed by atoms with van der Waals surface area (Å²) in [5.41, 5.74) is 1.07. The predicted octanol–water partition coefficient (Wildman–Crippen LogP) is 1.57. The Morgan fingerprint density at radius 2 is 2.11 bits per heavy atom. The summed E-state index contributed by atoms with van der Waals surface area (Å²) in [5, 5.41) is 3.39. The number of nitrogens with one attached hydrogen (secondary N) is 2. The molecule has 0 aromatic carbocycles. The molecule has 0 spiro atoms. The van der Waals surface area contributed by atoms with Crippen molar-refractivity contribution < 1.29 is 13.2 Å². The molecule has 1 aromatic heterocycles. The Morgan fingerprint density at radius 3 is 2.68 bits per heavy atom. The topological polar surface area (TPSA) is 44.0 Å². The number of hydrogen-bond donors (Lipinski definition) is 2. The van der Waals surface area contributed by atoms with Gasteiger partial charge in [0.1, 0.15) is 0 Å². The van der Waals surface area contributed by atoms with E-state index in [-0.39, 0.29) is 0 Å². The maximum Gasteiger partial charge on any atom is 0.401 e. The summed E-state index contributed by atoms with van der Waals surface area (Å²) in [6.07, 6.45) is 1.76. The zero-order chi connectivity index (χ0) is 13.7. The third kappa shape index (κ3) is 5.20. The zero-order valence-corrected chi connectivity index (χ0v) is 10.7. The molecule has 1 aromatic rings. The first kappa shape index (κ1) is 14.3. The molecule has 19 heavy (non-hydrogen) atoms. The molecule has 0 atom stereocenters. The lowest BCUT2D eigenvalue weighted by atomic mass is 10.0. The average Bonchev–Trinajstić information content (AvgIpc) is 2.82. The van der Waals surface area contributed by atoms with E-state index < -0.39 is 12.7 Å². The standard InChI is InChI=1S/C12H19F3N4/c13-12(14,15)8-19-5-2-10(3-6-19)17-4-1-11-7-16-9-18-11/h7,9-10,17H,1-6,8H2,(H,16,18). The van der Waals surface area contributed by atoms with Gasteiger partial charge < -0.3 is 10.3 Å². The Balaban J connectivity index is 1.61. The summed E-state index contributed by atoms with van der Waals surface area (Å²) in [4.78, 5) is 8.44. The number of hydrogen-bond acceptors (Lipinski definition) is 3. The normalized spacial score (nSPS) is 18.9. The smallest absolute Gasteiger partial charge is 0.348 e. The number of aromatic amines is 1. The van der Waals surface area contributed by atoms with Crippen molar-refractivity contribution in [3.63, 3.8) is 0 Å². The van der Waals surface area contributed by atoms with Crippen molar-refractivity contribution in [1.29, 1.82) is 0 Å². The van der Waals surface area contributed by atoms with Gasteiger partial charge >= 0.3 is 6.18 Å². The highest BCUT2D eigenvalue weighted by Gasteiger charge is 2.32. The molecule has 0 amide bonds. The minimum Gasteiger partial charge on any atom is -0.348 e. The predicted molar refractivity (Wildman–Crippen MR) is 65.8 cm³/mol. The van der Waals surface area contributed by atoms with Crippen LogP contribution in [0.3, 0.4) is 0 Å². The van der Waals surface area contributed by atoms with Gasteiger partial charge in [0, 0.05) is 30.9 Å². The summed E-state index contributed by atoms with van der Waals surface area (Å²) in [6, 6.07) is 0.326. The van der Waals surface area contributed by atoms with E-state index in [1.807, 2.05) is 0 Å². The first-order chi connectivity index (χ1) is 9.03. The highest BCUT2D eigenvalue weighted by Crippen LogP contribution is 2.19. The molecule has 0 unspecified atom stereocenters. The van der Waals surface area contributed by atoms with Gasteiger partial charge in [-0.05, 0) is 25.9 Å². The van der Waals surface area contributed by atoms with Gasteiger partial charge in [-0.3, -0.25) is 4.90 Å². The maximum atomic E-state index is 12.2. The Labute approximate surface area is 110 Å². The number of piperidine rings is 1. The molecule has 2 rings (SSSR count). The number of H-pyrrole nitrogens is 1. The number of aromatic nitrogens is 2. The largest absolute Gasteiger partial charge is 0.401 e. The van der Waals surface area contributed by atoms with Crippen LogP contribution in [0, 0.1) is 0 Å². The summed E-state index contributed by atoms with van der Waals surface area (Å²) in [7, 11) is 0. The quantitative estimate of drug-likeness (QED) is 0.858. The van der Waals surface area contributed by atoms with E-state index in [0.29, 0.717) is 19.1 Å². The van der Waals surface area contributed by atoms with Crippen LogP contribution in [-0.2, 0) is 6.42 Å². The molecule has 0 saturated carbocycles. The molecule has 0 aliphatic carbocycles. The van der Waals surface area contributed by atoms with E-state index in [9.17, 15) is 13.2 Å². The van der Waals surface area contributed by atoms with E-state index in [4.69, 9.17) is 0 Å². The lowest BCUT2D eigenvalue weighted by Gasteiger charge is -2.32. The Morgan fingerprint density at radius 1 is 1.37 bits per heavy atom. The van der Waals surface area contributed by atoms with Crippen molar-refractivity contribution in [3.05, 3.63) is 18.2 Å². The Hall–Kier alpha value is -1.08. The van der Waals surface area contributed by atoms with Gasteiger partial charge in [0.05, 0.1) is 12.9 Å². The first-order valence-corrected chi connectivity index (χ1v) is 6.53. The molecule has 7 heteroatoms. The molecular formula is C12H19F3N4. The fraction of sp³-hybridized carbons (Fsp3) is 0.750. The molecule has 0 radical (unpaired) electrons. The second kappa shape index (κ2) is 6.38. The molecule has 4 nitrogen and oxygen atoms in total. The molecule has 0 bridgehead atoms. The third-order valence-corrected chi connectivity index (χ3v) is 3.37. The number of nitrogens with zero attached hydrogens (tertiary/aromatic N) is 2. The average molecular weight is 276 g/mol. The van der Waals surface area contributed by atoms with Crippen LogP contribution < -0.4 is 5.32 Å². The molecule has 2 N–H and O–H groups in total. The Bertz CT molecular complexity index is 356. The number of halogens is 3. The first-order valence-electron chi connectivity index (χ1n) is 6.53. The van der Waals surface area contributed by atoms with Gasteiger partial charge in [0.25, 0.3) is 0 Å². The van der Waals surface area contributed by atoms with Gasteiger partial charge in [-0.15, -0.1) is 0 Å². The molecule has 1 fully saturated rings. The van der Waals surface area contributed by atoms with Crippen LogP contribution >= 0.6 is 0 Å². The number of rotatable bonds is 5. The van der Waals surface area contributed by atoms with Crippen molar-refractivity contribution in [3.8, 4) is 0 Å². The summed E-state index contributed by atoms with van der Waals surface area (Å²) >= 11 is 0.